The second-order valence-corrected chi connectivity index (χ2v) is 10.0. The van der Waals surface area contributed by atoms with E-state index < -0.39 is 47.2 Å². The van der Waals surface area contributed by atoms with E-state index in [4.69, 9.17) is 4.74 Å². The van der Waals surface area contributed by atoms with Crippen LogP contribution in [0.5, 0.6) is 0 Å². The Labute approximate surface area is 210 Å². The molecule has 2 aromatic carbocycles. The summed E-state index contributed by atoms with van der Waals surface area (Å²) in [6, 6.07) is 6.24. The number of anilines is 1. The molecule has 1 atom stereocenters. The van der Waals surface area contributed by atoms with Crippen molar-refractivity contribution in [2.24, 2.45) is 0 Å². The fourth-order valence-corrected chi connectivity index (χ4v) is 4.10. The lowest BCUT2D eigenvalue weighted by atomic mass is 9.92. The first kappa shape index (κ1) is 27.8. The molecule has 0 radical (unpaired) electrons. The monoisotopic (exact) mass is 582 g/mol. The number of carbonyl (C=O) groups is 2. The average molecular weight is 583 g/mol. The minimum atomic E-state index is -6.04. The third-order valence-corrected chi connectivity index (χ3v) is 5.81. The number of carbonyl (C=O) groups excluding carboxylic acids is 2. The molecule has 0 aliphatic carbocycles. The maximum atomic E-state index is 13.2. The molecule has 196 valence electrons. The topological polar surface area (TPSA) is 78.9 Å². The first-order chi connectivity index (χ1) is 16.3. The lowest BCUT2D eigenvalue weighted by molar-refractivity contribution is -0.376. The summed E-state index contributed by atoms with van der Waals surface area (Å²) in [5, 5.41) is 11.9. The van der Waals surface area contributed by atoms with E-state index in [1.54, 1.807) is 39.0 Å². The molecule has 6 nitrogen and oxygen atoms in total. The van der Waals surface area contributed by atoms with Gasteiger partial charge in [-0.1, -0.05) is 34.1 Å². The van der Waals surface area contributed by atoms with Gasteiger partial charge in [0.05, 0.1) is 6.54 Å². The zero-order valence-corrected chi connectivity index (χ0v) is 20.7. The molecule has 2 amide bonds. The third kappa shape index (κ3) is 5.31. The molecule has 0 saturated carbocycles. The Morgan fingerprint density at radius 1 is 1.00 bits per heavy atom. The SMILES string of the molecule is CC(C)(C)OC(=O)N1Cc2cc(Br)ccc2C1C(=O)Nc1ccc(C(O)(C(F)(F)F)C(F)(F)F)cc1. The molecule has 1 heterocycles. The number of halogens is 7. The standard InChI is InChI=1S/C23H21BrF6N2O4/c1-20(2,3)36-19(34)32-11-12-10-14(24)6-9-16(12)17(32)18(33)31-15-7-4-13(5-8-15)21(35,22(25,26)27)23(28,29)30/h4-10,17,35H,11H2,1-3H3,(H,31,33). The van der Waals surface area contributed by atoms with Gasteiger partial charge in [0.2, 0.25) is 0 Å². The molecule has 2 N–H and O–H groups in total. The van der Waals surface area contributed by atoms with E-state index in [1.165, 1.54) is 0 Å². The number of amides is 2. The van der Waals surface area contributed by atoms with E-state index >= 15 is 0 Å². The van der Waals surface area contributed by atoms with Crippen molar-refractivity contribution in [2.75, 3.05) is 5.32 Å². The van der Waals surface area contributed by atoms with Crippen molar-refractivity contribution < 1.29 is 45.8 Å². The van der Waals surface area contributed by atoms with Gasteiger partial charge in [0, 0.05) is 15.7 Å². The van der Waals surface area contributed by atoms with E-state index in [9.17, 15) is 41.0 Å². The molecule has 1 aliphatic heterocycles. The molecular formula is C23H21BrF6N2O4. The predicted molar refractivity (Wildman–Crippen MR) is 120 cm³/mol. The Morgan fingerprint density at radius 3 is 2.06 bits per heavy atom. The number of aliphatic hydroxyl groups is 1. The molecule has 13 heteroatoms. The van der Waals surface area contributed by atoms with Gasteiger partial charge in [-0.3, -0.25) is 9.69 Å². The highest BCUT2D eigenvalue weighted by molar-refractivity contribution is 9.10. The Hall–Kier alpha value is -2.80. The molecule has 0 bridgehead atoms. The number of fused-ring (bicyclic) bond motifs is 1. The van der Waals surface area contributed by atoms with Gasteiger partial charge >= 0.3 is 18.4 Å². The van der Waals surface area contributed by atoms with Crippen LogP contribution in [0.4, 0.5) is 36.8 Å². The van der Waals surface area contributed by atoms with Crippen LogP contribution in [0, 0.1) is 0 Å². The number of rotatable bonds is 3. The van der Waals surface area contributed by atoms with Gasteiger partial charge in [-0.15, -0.1) is 0 Å². The van der Waals surface area contributed by atoms with Crippen LogP contribution < -0.4 is 5.32 Å². The van der Waals surface area contributed by atoms with Gasteiger partial charge in [0.25, 0.3) is 11.5 Å². The fraction of sp³-hybridized carbons (Fsp3) is 0.391. The van der Waals surface area contributed by atoms with E-state index in [0.717, 1.165) is 17.0 Å². The van der Waals surface area contributed by atoms with Crippen LogP contribution in [0.2, 0.25) is 0 Å². The number of hydrogen-bond donors (Lipinski definition) is 2. The highest BCUT2D eigenvalue weighted by Gasteiger charge is 2.71. The zero-order valence-electron chi connectivity index (χ0n) is 19.1. The van der Waals surface area contributed by atoms with Crippen molar-refractivity contribution in [2.45, 2.75) is 56.9 Å². The van der Waals surface area contributed by atoms with Gasteiger partial charge in [-0.2, -0.15) is 26.3 Å². The maximum absolute atomic E-state index is 13.2. The first-order valence-electron chi connectivity index (χ1n) is 10.4. The minimum Gasteiger partial charge on any atom is -0.444 e. The Balaban J connectivity index is 1.91. The molecular weight excluding hydrogens is 562 g/mol. The molecule has 3 rings (SSSR count). The van der Waals surface area contributed by atoms with Crippen LogP contribution in [0.15, 0.2) is 46.9 Å². The van der Waals surface area contributed by atoms with Crippen molar-refractivity contribution in [3.05, 3.63) is 63.6 Å². The summed E-state index contributed by atoms with van der Waals surface area (Å²) >= 11 is 3.32. The summed E-state index contributed by atoms with van der Waals surface area (Å²) in [4.78, 5) is 27.1. The number of benzene rings is 2. The molecule has 0 saturated heterocycles. The van der Waals surface area contributed by atoms with Gasteiger partial charge in [-0.25, -0.2) is 4.79 Å². The summed E-state index contributed by atoms with van der Waals surface area (Å²) in [6.45, 7) is 4.96. The molecule has 0 fully saturated rings. The van der Waals surface area contributed by atoms with Crippen molar-refractivity contribution in [3.8, 4) is 0 Å². The summed E-state index contributed by atoms with van der Waals surface area (Å²) in [5.41, 5.74) is -6.45. The van der Waals surface area contributed by atoms with E-state index in [-0.39, 0.29) is 12.2 Å². The Bertz CT molecular complexity index is 1150. The van der Waals surface area contributed by atoms with Gasteiger partial charge < -0.3 is 15.2 Å². The molecule has 36 heavy (non-hydrogen) atoms. The van der Waals surface area contributed by atoms with Crippen molar-refractivity contribution >= 4 is 33.6 Å². The van der Waals surface area contributed by atoms with E-state index in [1.807, 2.05) is 0 Å². The van der Waals surface area contributed by atoms with Crippen LogP contribution >= 0.6 is 15.9 Å². The van der Waals surface area contributed by atoms with Crippen molar-refractivity contribution in [1.29, 1.82) is 0 Å². The minimum absolute atomic E-state index is 0.0326. The lowest BCUT2D eigenvalue weighted by Gasteiger charge is -2.32. The number of ether oxygens (including phenoxy) is 1. The predicted octanol–water partition coefficient (Wildman–Crippen LogP) is 6.19. The number of hydrogen-bond acceptors (Lipinski definition) is 4. The highest BCUT2D eigenvalue weighted by atomic mass is 79.9. The van der Waals surface area contributed by atoms with Crippen LogP contribution in [0.3, 0.4) is 0 Å². The maximum Gasteiger partial charge on any atom is 0.430 e. The highest BCUT2D eigenvalue weighted by Crippen LogP contribution is 2.50. The van der Waals surface area contributed by atoms with E-state index in [2.05, 4.69) is 21.2 Å². The van der Waals surface area contributed by atoms with Gasteiger partial charge in [0.15, 0.2) is 0 Å². The second kappa shape index (κ2) is 9.25. The smallest absolute Gasteiger partial charge is 0.430 e. The molecule has 1 aliphatic rings. The summed E-state index contributed by atoms with van der Waals surface area (Å²) in [6.07, 6.45) is -12.9. The van der Waals surface area contributed by atoms with E-state index in [0.29, 0.717) is 27.7 Å². The van der Waals surface area contributed by atoms with Crippen LogP contribution in [-0.2, 0) is 21.7 Å². The molecule has 1 unspecified atom stereocenters. The molecule has 2 aromatic rings. The summed E-state index contributed by atoms with van der Waals surface area (Å²) < 4.78 is 84.8. The van der Waals surface area contributed by atoms with Crippen LogP contribution in [-0.4, -0.2) is 40.0 Å². The van der Waals surface area contributed by atoms with Crippen LogP contribution in [0.25, 0.3) is 0 Å². The molecule has 0 aromatic heterocycles. The first-order valence-corrected chi connectivity index (χ1v) is 11.2. The number of nitrogens with zero attached hydrogens (tertiary/aromatic N) is 1. The number of nitrogens with one attached hydrogen (secondary N) is 1. The Morgan fingerprint density at radius 2 is 1.56 bits per heavy atom. The van der Waals surface area contributed by atoms with Crippen molar-refractivity contribution in [1.82, 2.24) is 4.90 Å². The largest absolute Gasteiger partial charge is 0.444 e. The lowest BCUT2D eigenvalue weighted by Crippen LogP contribution is -2.53. The summed E-state index contributed by atoms with van der Waals surface area (Å²) in [7, 11) is 0. The number of alkyl halides is 6. The third-order valence-electron chi connectivity index (χ3n) is 5.32. The van der Waals surface area contributed by atoms with Crippen molar-refractivity contribution in [3.63, 3.8) is 0 Å². The Kier molecular flexibility index (Phi) is 7.14. The quantitative estimate of drug-likeness (QED) is 0.423. The average Bonchev–Trinajstić information content (AvgIpc) is 3.09. The van der Waals surface area contributed by atoms with Crippen LogP contribution in [0.1, 0.15) is 43.5 Å². The van der Waals surface area contributed by atoms with Gasteiger partial charge in [-0.05, 0) is 56.2 Å². The fourth-order valence-electron chi connectivity index (χ4n) is 3.69. The molecule has 0 spiro atoms. The zero-order chi connectivity index (χ0) is 27.3. The van der Waals surface area contributed by atoms with Gasteiger partial charge in [0.1, 0.15) is 11.6 Å². The second-order valence-electron chi connectivity index (χ2n) is 9.13. The summed E-state index contributed by atoms with van der Waals surface area (Å²) in [5.74, 6) is -0.767. The normalized spacial score (nSPS) is 16.5.